The topological polar surface area (TPSA) is 74.0 Å². The molecule has 0 bridgehead atoms. The summed E-state index contributed by atoms with van der Waals surface area (Å²) in [5.74, 6) is -1.15. The molecule has 0 aromatic carbocycles. The third kappa shape index (κ3) is 1.43. The number of nitriles is 1. The maximum Gasteiger partial charge on any atom is 0.338 e. The first-order valence-electron chi connectivity index (χ1n) is 2.93. The molecule has 0 saturated heterocycles. The van der Waals surface area contributed by atoms with E-state index in [9.17, 15) is 4.79 Å². The Balaban J connectivity index is 3.40. The lowest BCUT2D eigenvalue weighted by molar-refractivity contribution is 0.0696. The smallest absolute Gasteiger partial charge is 0.338 e. The normalized spacial score (nSPS) is 9.00. The number of carboxylic acids is 1. The summed E-state index contributed by atoms with van der Waals surface area (Å²) in [7, 11) is 0. The molecule has 12 heavy (non-hydrogen) atoms. The zero-order chi connectivity index (χ0) is 9.14. The van der Waals surface area contributed by atoms with Gasteiger partial charge in [-0.25, -0.2) is 4.79 Å². The molecule has 1 N–H and O–H groups in total. The van der Waals surface area contributed by atoms with Crippen molar-refractivity contribution in [1.82, 2.24) is 4.98 Å². The Morgan fingerprint density at radius 2 is 2.33 bits per heavy atom. The number of hydrogen-bond donors (Lipinski definition) is 1. The first-order chi connectivity index (χ1) is 5.66. The molecular weight excluding hydrogens is 224 g/mol. The summed E-state index contributed by atoms with van der Waals surface area (Å²) in [6.45, 7) is 0. The zero-order valence-electron chi connectivity index (χ0n) is 5.78. The molecule has 0 radical (unpaired) electrons. The number of carbonyl (C=O) groups is 1. The van der Waals surface area contributed by atoms with Crippen molar-refractivity contribution in [3.8, 4) is 6.07 Å². The number of hydrogen-bond acceptors (Lipinski definition) is 3. The van der Waals surface area contributed by atoms with Gasteiger partial charge in [0.2, 0.25) is 0 Å². The van der Waals surface area contributed by atoms with Crippen LogP contribution in [-0.2, 0) is 0 Å². The number of aromatic carboxylic acids is 1. The van der Waals surface area contributed by atoms with E-state index < -0.39 is 5.97 Å². The lowest BCUT2D eigenvalue weighted by Gasteiger charge is -1.97. The summed E-state index contributed by atoms with van der Waals surface area (Å²) in [4.78, 5) is 14.2. The van der Waals surface area contributed by atoms with Crippen molar-refractivity contribution in [1.29, 1.82) is 5.26 Å². The van der Waals surface area contributed by atoms with Gasteiger partial charge in [-0.05, 0) is 15.9 Å². The van der Waals surface area contributed by atoms with E-state index in [1.807, 2.05) is 0 Å². The average molecular weight is 227 g/mol. The van der Waals surface area contributed by atoms with E-state index in [0.29, 0.717) is 4.47 Å². The highest BCUT2D eigenvalue weighted by Crippen LogP contribution is 2.17. The molecule has 0 aliphatic heterocycles. The van der Waals surface area contributed by atoms with E-state index in [0.717, 1.165) is 6.20 Å². The molecule has 0 fully saturated rings. The fraction of sp³-hybridized carbons (Fsp3) is 0. The molecule has 1 aromatic heterocycles. The molecule has 1 aromatic rings. The fourth-order valence-electron chi connectivity index (χ4n) is 0.711. The Morgan fingerprint density at radius 3 is 2.75 bits per heavy atom. The van der Waals surface area contributed by atoms with Crippen molar-refractivity contribution >= 4 is 21.9 Å². The van der Waals surface area contributed by atoms with E-state index in [1.165, 1.54) is 6.20 Å². The number of aromatic nitrogens is 1. The van der Waals surface area contributed by atoms with Crippen LogP contribution in [0.2, 0.25) is 0 Å². The molecular formula is C7H3BrN2O2. The van der Waals surface area contributed by atoms with Gasteiger partial charge in [0, 0.05) is 12.4 Å². The quantitative estimate of drug-likeness (QED) is 0.786. The Morgan fingerprint density at radius 1 is 1.67 bits per heavy atom. The van der Waals surface area contributed by atoms with Crippen molar-refractivity contribution in [2.75, 3.05) is 0 Å². The largest absolute Gasteiger partial charge is 0.478 e. The van der Waals surface area contributed by atoms with Crippen molar-refractivity contribution < 1.29 is 9.90 Å². The molecule has 4 nitrogen and oxygen atoms in total. The van der Waals surface area contributed by atoms with Crippen LogP contribution in [-0.4, -0.2) is 16.1 Å². The Labute approximate surface area is 76.6 Å². The highest BCUT2D eigenvalue weighted by Gasteiger charge is 2.12. The van der Waals surface area contributed by atoms with Gasteiger partial charge in [0.25, 0.3) is 0 Å². The second-order valence-corrected chi connectivity index (χ2v) is 2.82. The third-order valence-corrected chi connectivity index (χ3v) is 1.84. The Bertz CT molecular complexity index is 370. The number of nitrogens with zero attached hydrogens (tertiary/aromatic N) is 2. The fourth-order valence-corrected chi connectivity index (χ4v) is 1.13. The maximum atomic E-state index is 10.5. The van der Waals surface area contributed by atoms with Gasteiger partial charge in [0.15, 0.2) is 0 Å². The van der Waals surface area contributed by atoms with Gasteiger partial charge < -0.3 is 5.11 Å². The third-order valence-electron chi connectivity index (χ3n) is 1.24. The summed E-state index contributed by atoms with van der Waals surface area (Å²) in [6.07, 6.45) is 2.52. The summed E-state index contributed by atoms with van der Waals surface area (Å²) >= 11 is 3.03. The molecule has 1 rings (SSSR count). The van der Waals surface area contributed by atoms with E-state index in [1.54, 1.807) is 6.07 Å². The summed E-state index contributed by atoms with van der Waals surface area (Å²) in [5.41, 5.74) is 0.00405. The van der Waals surface area contributed by atoms with Crippen molar-refractivity contribution in [3.05, 3.63) is 28.0 Å². The summed E-state index contributed by atoms with van der Waals surface area (Å²) in [6, 6.07) is 1.78. The van der Waals surface area contributed by atoms with Crippen LogP contribution >= 0.6 is 15.9 Å². The molecule has 0 spiro atoms. The molecule has 0 aliphatic rings. The number of carboxylic acid groups (broad SMARTS) is 1. The van der Waals surface area contributed by atoms with Crippen LogP contribution in [0.15, 0.2) is 16.9 Å². The van der Waals surface area contributed by atoms with Crippen molar-refractivity contribution in [3.63, 3.8) is 0 Å². The van der Waals surface area contributed by atoms with E-state index in [4.69, 9.17) is 10.4 Å². The molecule has 0 amide bonds. The molecule has 0 unspecified atom stereocenters. The number of pyridine rings is 1. The Kier molecular flexibility index (Phi) is 2.41. The molecule has 5 heteroatoms. The first-order valence-corrected chi connectivity index (χ1v) is 3.73. The van der Waals surface area contributed by atoms with Gasteiger partial charge in [-0.15, -0.1) is 0 Å². The van der Waals surface area contributed by atoms with E-state index in [2.05, 4.69) is 20.9 Å². The minimum Gasteiger partial charge on any atom is -0.478 e. The highest BCUT2D eigenvalue weighted by molar-refractivity contribution is 9.10. The maximum absolute atomic E-state index is 10.5. The van der Waals surface area contributed by atoms with Gasteiger partial charge in [0.1, 0.15) is 6.07 Å². The monoisotopic (exact) mass is 226 g/mol. The Hall–Kier alpha value is -1.41. The second-order valence-electron chi connectivity index (χ2n) is 1.96. The van der Waals surface area contributed by atoms with Gasteiger partial charge in [-0.2, -0.15) is 5.26 Å². The standard InChI is InChI=1S/C7H3BrN2O2/c8-6-3-10-2-5(7(11)12)4(6)1-9/h2-3H,(H,11,12). The molecule has 60 valence electrons. The number of halogens is 1. The lowest BCUT2D eigenvalue weighted by Crippen LogP contribution is -2.01. The predicted octanol–water partition coefficient (Wildman–Crippen LogP) is 1.41. The van der Waals surface area contributed by atoms with Crippen LogP contribution in [0.5, 0.6) is 0 Å². The van der Waals surface area contributed by atoms with Crippen LogP contribution in [0.3, 0.4) is 0 Å². The van der Waals surface area contributed by atoms with E-state index in [-0.39, 0.29) is 11.1 Å². The van der Waals surface area contributed by atoms with Crippen molar-refractivity contribution in [2.45, 2.75) is 0 Å². The van der Waals surface area contributed by atoms with Crippen molar-refractivity contribution in [2.24, 2.45) is 0 Å². The van der Waals surface area contributed by atoms with Crippen LogP contribution < -0.4 is 0 Å². The lowest BCUT2D eigenvalue weighted by atomic mass is 10.1. The minimum absolute atomic E-state index is 0.0909. The summed E-state index contributed by atoms with van der Waals surface area (Å²) in [5, 5.41) is 17.2. The van der Waals surface area contributed by atoms with E-state index >= 15 is 0 Å². The summed E-state index contributed by atoms with van der Waals surface area (Å²) < 4.78 is 0.393. The van der Waals surface area contributed by atoms with Gasteiger partial charge in [-0.3, -0.25) is 4.98 Å². The molecule has 0 aliphatic carbocycles. The zero-order valence-corrected chi connectivity index (χ0v) is 7.37. The minimum atomic E-state index is -1.15. The first kappa shape index (κ1) is 8.68. The van der Waals surface area contributed by atoms with Crippen LogP contribution in [0.4, 0.5) is 0 Å². The SMILES string of the molecule is N#Cc1c(Br)cncc1C(=O)O. The number of rotatable bonds is 1. The average Bonchev–Trinajstić information content (AvgIpc) is 2.03. The van der Waals surface area contributed by atoms with Crippen LogP contribution in [0.1, 0.15) is 15.9 Å². The molecule has 0 atom stereocenters. The second kappa shape index (κ2) is 3.32. The van der Waals surface area contributed by atoms with Gasteiger partial charge >= 0.3 is 5.97 Å². The van der Waals surface area contributed by atoms with Gasteiger partial charge in [0.05, 0.1) is 15.6 Å². The van der Waals surface area contributed by atoms with Crippen LogP contribution in [0.25, 0.3) is 0 Å². The van der Waals surface area contributed by atoms with Crippen LogP contribution in [0, 0.1) is 11.3 Å². The highest BCUT2D eigenvalue weighted by atomic mass is 79.9. The molecule has 0 saturated carbocycles. The predicted molar refractivity (Wildman–Crippen MR) is 43.6 cm³/mol. The van der Waals surface area contributed by atoms with Gasteiger partial charge in [-0.1, -0.05) is 0 Å². The molecule has 1 heterocycles.